The number of hydrogen-bond acceptors (Lipinski definition) is 0. The summed E-state index contributed by atoms with van der Waals surface area (Å²) in [5.41, 5.74) is 4.55. The van der Waals surface area contributed by atoms with Crippen LogP contribution in [0.2, 0.25) is 0 Å². The number of hydrogen-bond donors (Lipinski definition) is 0. The Balaban J connectivity index is 0.00000192. The van der Waals surface area contributed by atoms with Crippen molar-refractivity contribution in [2.75, 3.05) is 0 Å². The molecule has 22 heavy (non-hydrogen) atoms. The third kappa shape index (κ3) is 4.74. The molecule has 0 fully saturated rings. The van der Waals surface area contributed by atoms with E-state index in [0.717, 1.165) is 0 Å². The van der Waals surface area contributed by atoms with Crippen LogP contribution in [0.3, 0.4) is 0 Å². The molecular formula is C21H22Sn-. The van der Waals surface area contributed by atoms with Crippen LogP contribution in [0.4, 0.5) is 0 Å². The maximum absolute atomic E-state index is 2.29. The molecule has 1 heteroatoms. The molecule has 0 saturated heterocycles. The first-order chi connectivity index (χ1) is 10.9. The van der Waals surface area contributed by atoms with Gasteiger partial charge in [-0.15, -0.1) is 0 Å². The quantitative estimate of drug-likeness (QED) is 0.521. The molecule has 3 aromatic carbocycles. The molecule has 0 unspecified atom stereocenters. The summed E-state index contributed by atoms with van der Waals surface area (Å²) >= 11 is -1.56. The van der Waals surface area contributed by atoms with Crippen molar-refractivity contribution in [3.63, 3.8) is 0 Å². The van der Waals surface area contributed by atoms with E-state index in [1.165, 1.54) is 30.0 Å². The minimum atomic E-state index is -1.56. The molecule has 1 radical (unpaired) electrons. The van der Waals surface area contributed by atoms with Crippen molar-refractivity contribution in [2.45, 2.75) is 13.3 Å². The first-order valence-corrected chi connectivity index (χ1v) is 13.9. The molecule has 0 spiro atoms. The molecule has 0 amide bonds. The van der Waals surface area contributed by atoms with Crippen LogP contribution in [0.25, 0.3) is 0 Å². The first kappa shape index (κ1) is 15.4. The van der Waals surface area contributed by atoms with Gasteiger partial charge in [-0.25, -0.2) is 0 Å². The Morgan fingerprint density at radius 3 is 1.00 bits per heavy atom. The van der Waals surface area contributed by atoms with Gasteiger partial charge in [-0.1, -0.05) is 0 Å². The molecular weight excluding hydrogens is 371 g/mol. The van der Waals surface area contributed by atoms with Gasteiger partial charge in [0.05, 0.1) is 0 Å². The molecule has 0 saturated carbocycles. The number of benzene rings is 3. The Hall–Kier alpha value is -1.54. The second-order valence-corrected chi connectivity index (χ2v) is 13.0. The van der Waals surface area contributed by atoms with Crippen molar-refractivity contribution in [2.24, 2.45) is 0 Å². The fraction of sp³-hybridized carbons (Fsp3) is 0.143. The minimum absolute atomic E-state index is 0. The van der Waals surface area contributed by atoms with Crippen molar-refractivity contribution in [3.05, 3.63) is 108 Å². The van der Waals surface area contributed by atoms with Gasteiger partial charge in [-0.05, 0) is 0 Å². The van der Waals surface area contributed by atoms with E-state index >= 15 is 0 Å². The zero-order valence-electron chi connectivity index (χ0n) is 13.8. The topological polar surface area (TPSA) is 0 Å². The summed E-state index contributed by atoms with van der Waals surface area (Å²) in [6, 6.07) is 33.1. The standard InChI is InChI=1S/3C7H7.Sn.H/c3*1-7-5-3-2-4-6-7;;/h3*2-6H,1H2;;/q;;;;-1. The predicted molar refractivity (Wildman–Crippen MR) is 97.3 cm³/mol. The Bertz CT molecular complexity index is 569. The van der Waals surface area contributed by atoms with Crippen LogP contribution < -0.4 is 0 Å². The Morgan fingerprint density at radius 2 is 0.727 bits per heavy atom. The van der Waals surface area contributed by atoms with E-state index in [2.05, 4.69) is 91.0 Å². The van der Waals surface area contributed by atoms with Gasteiger partial charge in [-0.3, -0.25) is 0 Å². The third-order valence-electron chi connectivity index (χ3n) is 3.89. The fourth-order valence-electron chi connectivity index (χ4n) is 2.84. The predicted octanol–water partition coefficient (Wildman–Crippen LogP) is 4.94. The van der Waals surface area contributed by atoms with Crippen LogP contribution in [0.5, 0.6) is 0 Å². The molecule has 0 atom stereocenters. The van der Waals surface area contributed by atoms with E-state index in [4.69, 9.17) is 0 Å². The molecule has 0 aromatic heterocycles. The van der Waals surface area contributed by atoms with Gasteiger partial charge in [-0.2, -0.15) is 0 Å². The molecule has 3 aromatic rings. The van der Waals surface area contributed by atoms with Crippen molar-refractivity contribution in [3.8, 4) is 0 Å². The molecule has 0 aliphatic rings. The van der Waals surface area contributed by atoms with Gasteiger partial charge in [0.25, 0.3) is 0 Å². The van der Waals surface area contributed by atoms with Gasteiger partial charge in [0, 0.05) is 0 Å². The molecule has 0 bridgehead atoms. The molecule has 0 aliphatic heterocycles. The summed E-state index contributed by atoms with van der Waals surface area (Å²) in [5, 5.41) is 0. The van der Waals surface area contributed by atoms with Gasteiger partial charge in [0.2, 0.25) is 0 Å². The van der Waals surface area contributed by atoms with Crippen LogP contribution in [0, 0.1) is 0 Å². The Kier molecular flexibility index (Phi) is 5.71. The Labute approximate surface area is 142 Å². The summed E-state index contributed by atoms with van der Waals surface area (Å²) in [6.45, 7) is 0. The number of rotatable bonds is 6. The van der Waals surface area contributed by atoms with Crippen molar-refractivity contribution in [1.29, 1.82) is 0 Å². The normalized spacial score (nSPS) is 10.8. The average Bonchev–Trinajstić information content (AvgIpc) is 2.57. The van der Waals surface area contributed by atoms with Gasteiger partial charge >= 0.3 is 141 Å². The van der Waals surface area contributed by atoms with E-state index < -0.39 is 19.8 Å². The van der Waals surface area contributed by atoms with Gasteiger partial charge < -0.3 is 1.43 Å². The van der Waals surface area contributed by atoms with Gasteiger partial charge in [0.1, 0.15) is 0 Å². The Morgan fingerprint density at radius 1 is 0.455 bits per heavy atom. The van der Waals surface area contributed by atoms with Crippen LogP contribution in [0.15, 0.2) is 91.0 Å². The second-order valence-electron chi connectivity index (χ2n) is 5.74. The van der Waals surface area contributed by atoms with E-state index in [0.29, 0.717) is 0 Å². The molecule has 3 rings (SSSR count). The molecule has 0 nitrogen and oxygen atoms in total. The summed E-state index contributed by atoms with van der Waals surface area (Å²) < 4.78 is 3.98. The summed E-state index contributed by atoms with van der Waals surface area (Å²) in [7, 11) is 0. The molecule has 0 aliphatic carbocycles. The third-order valence-corrected chi connectivity index (χ3v) is 11.7. The summed E-state index contributed by atoms with van der Waals surface area (Å²) in [4.78, 5) is 0. The van der Waals surface area contributed by atoms with E-state index in [-0.39, 0.29) is 1.43 Å². The van der Waals surface area contributed by atoms with Crippen molar-refractivity contribution < 1.29 is 1.43 Å². The average molecular weight is 393 g/mol. The van der Waals surface area contributed by atoms with E-state index in [1.54, 1.807) is 0 Å². The summed E-state index contributed by atoms with van der Waals surface area (Å²) in [6.07, 6.45) is 0. The molecule has 0 N–H and O–H groups in total. The second kappa shape index (κ2) is 8.19. The molecule has 111 valence electrons. The van der Waals surface area contributed by atoms with E-state index in [1.807, 2.05) is 0 Å². The van der Waals surface area contributed by atoms with Crippen molar-refractivity contribution >= 4 is 19.8 Å². The zero-order valence-corrected chi connectivity index (χ0v) is 15.6. The monoisotopic (exact) mass is 394 g/mol. The SMILES string of the molecule is [H-].c1ccc([CH2][Sn]([CH2]c2ccccc2)[CH2]c2ccccc2)cc1. The van der Waals surface area contributed by atoms with E-state index in [9.17, 15) is 0 Å². The van der Waals surface area contributed by atoms with Crippen LogP contribution in [-0.4, -0.2) is 19.8 Å². The fourth-order valence-corrected chi connectivity index (χ4v) is 10.9. The van der Waals surface area contributed by atoms with Crippen LogP contribution in [0.1, 0.15) is 18.1 Å². The first-order valence-electron chi connectivity index (χ1n) is 7.85. The van der Waals surface area contributed by atoms with Gasteiger partial charge in [0.15, 0.2) is 0 Å². The van der Waals surface area contributed by atoms with Crippen LogP contribution in [-0.2, 0) is 13.3 Å². The summed E-state index contributed by atoms with van der Waals surface area (Å²) in [5.74, 6) is 0. The maximum atomic E-state index is 2.29. The van der Waals surface area contributed by atoms with Crippen molar-refractivity contribution in [1.82, 2.24) is 0 Å². The van der Waals surface area contributed by atoms with Crippen LogP contribution >= 0.6 is 0 Å². The zero-order chi connectivity index (χ0) is 15.0. The molecule has 0 heterocycles.